The zero-order valence-corrected chi connectivity index (χ0v) is 15.9. The van der Waals surface area contributed by atoms with Crippen LogP contribution in [0.2, 0.25) is 0 Å². The molecule has 2 fully saturated rings. The molecule has 1 aromatic heterocycles. The first kappa shape index (κ1) is 18.8. The van der Waals surface area contributed by atoms with Crippen molar-refractivity contribution in [2.24, 2.45) is 0 Å². The molecule has 1 aliphatic heterocycles. The van der Waals surface area contributed by atoms with E-state index in [-0.39, 0.29) is 24.4 Å². The van der Waals surface area contributed by atoms with E-state index in [0.717, 1.165) is 35.4 Å². The molecule has 2 heterocycles. The van der Waals surface area contributed by atoms with Gasteiger partial charge in [0.2, 0.25) is 5.91 Å². The van der Waals surface area contributed by atoms with Gasteiger partial charge in [-0.3, -0.25) is 19.8 Å². The summed E-state index contributed by atoms with van der Waals surface area (Å²) in [6.07, 6.45) is 4.24. The summed E-state index contributed by atoms with van der Waals surface area (Å²) in [4.78, 5) is 42.0. The van der Waals surface area contributed by atoms with Gasteiger partial charge in [-0.05, 0) is 31.9 Å². The number of nitrogens with one attached hydrogen (secondary N) is 2. The van der Waals surface area contributed by atoms with Crippen molar-refractivity contribution in [1.82, 2.24) is 20.4 Å². The van der Waals surface area contributed by atoms with Crippen LogP contribution in [0, 0.1) is 6.92 Å². The van der Waals surface area contributed by atoms with E-state index in [9.17, 15) is 14.4 Å². The molecular weight excluding hydrogens is 352 g/mol. The Morgan fingerprint density at radius 2 is 1.81 bits per heavy atom. The Kier molecular flexibility index (Phi) is 6.26. The molecule has 2 aliphatic rings. The van der Waals surface area contributed by atoms with E-state index in [1.807, 2.05) is 28.9 Å². The fourth-order valence-electron chi connectivity index (χ4n) is 3.48. The third-order valence-corrected chi connectivity index (χ3v) is 5.91. The maximum absolute atomic E-state index is 12.4. The molecule has 8 heteroatoms. The van der Waals surface area contributed by atoms with Gasteiger partial charge in [0.05, 0.1) is 11.4 Å². The standard InChI is InChI=1S/C18H26N4O3S/c1-13-6-7-15(26-13)17(24)22-10-8-21(9-11-22)12-16(23)20-18(25)19-14-4-2-3-5-14/h6-7,14H,2-5,8-12H2,1H3,(H2,19,20,23,25). The summed E-state index contributed by atoms with van der Waals surface area (Å²) in [6, 6.07) is 3.61. The Balaban J connectivity index is 1.38. The van der Waals surface area contributed by atoms with Gasteiger partial charge < -0.3 is 10.2 Å². The molecule has 0 radical (unpaired) electrons. The Morgan fingerprint density at radius 1 is 1.12 bits per heavy atom. The molecule has 0 aromatic carbocycles. The summed E-state index contributed by atoms with van der Waals surface area (Å²) in [5, 5.41) is 5.26. The third-order valence-electron chi connectivity index (χ3n) is 4.92. The second-order valence-corrected chi connectivity index (χ2v) is 8.27. The third kappa shape index (κ3) is 5.04. The molecule has 7 nitrogen and oxygen atoms in total. The lowest BCUT2D eigenvalue weighted by Crippen LogP contribution is -2.52. The highest BCUT2D eigenvalue weighted by Crippen LogP contribution is 2.18. The van der Waals surface area contributed by atoms with Crippen LogP contribution in [-0.2, 0) is 4.79 Å². The van der Waals surface area contributed by atoms with Crippen molar-refractivity contribution in [2.75, 3.05) is 32.7 Å². The minimum absolute atomic E-state index is 0.0585. The number of imide groups is 1. The monoisotopic (exact) mass is 378 g/mol. The van der Waals surface area contributed by atoms with Crippen molar-refractivity contribution >= 4 is 29.2 Å². The lowest BCUT2D eigenvalue weighted by atomic mass is 10.2. The molecular formula is C18H26N4O3S. The molecule has 2 N–H and O–H groups in total. The van der Waals surface area contributed by atoms with Gasteiger partial charge in [0.25, 0.3) is 5.91 Å². The smallest absolute Gasteiger partial charge is 0.321 e. The fraction of sp³-hybridized carbons (Fsp3) is 0.611. The van der Waals surface area contributed by atoms with Gasteiger partial charge >= 0.3 is 6.03 Å². The summed E-state index contributed by atoms with van der Waals surface area (Å²) >= 11 is 1.51. The number of piperazine rings is 1. The molecule has 0 unspecified atom stereocenters. The summed E-state index contributed by atoms with van der Waals surface area (Å²) in [5.41, 5.74) is 0. The van der Waals surface area contributed by atoms with Crippen LogP contribution in [0.15, 0.2) is 12.1 Å². The van der Waals surface area contributed by atoms with Crippen LogP contribution in [-0.4, -0.2) is 66.4 Å². The molecule has 1 aromatic rings. The first-order chi connectivity index (χ1) is 12.5. The summed E-state index contributed by atoms with van der Waals surface area (Å²) in [6.45, 7) is 4.62. The molecule has 1 saturated heterocycles. The van der Waals surface area contributed by atoms with Gasteiger partial charge in [-0.1, -0.05) is 12.8 Å². The molecule has 26 heavy (non-hydrogen) atoms. The van der Waals surface area contributed by atoms with Crippen molar-refractivity contribution in [3.8, 4) is 0 Å². The molecule has 1 aliphatic carbocycles. The van der Waals surface area contributed by atoms with Crippen LogP contribution < -0.4 is 10.6 Å². The Hall–Kier alpha value is -1.93. The molecule has 4 amide bonds. The number of hydrogen-bond donors (Lipinski definition) is 2. The van der Waals surface area contributed by atoms with Crippen molar-refractivity contribution in [3.63, 3.8) is 0 Å². The van der Waals surface area contributed by atoms with Crippen LogP contribution in [0.4, 0.5) is 4.79 Å². The Bertz CT molecular complexity index is 661. The van der Waals surface area contributed by atoms with Crippen LogP contribution in [0.3, 0.4) is 0 Å². The normalized spacial score (nSPS) is 18.7. The van der Waals surface area contributed by atoms with E-state index in [4.69, 9.17) is 0 Å². The first-order valence-electron chi connectivity index (χ1n) is 9.19. The minimum atomic E-state index is -0.399. The molecule has 0 atom stereocenters. The summed E-state index contributed by atoms with van der Waals surface area (Å²) < 4.78 is 0. The van der Waals surface area contributed by atoms with E-state index in [1.165, 1.54) is 11.3 Å². The van der Waals surface area contributed by atoms with Gasteiger partial charge in [-0.25, -0.2) is 4.79 Å². The molecule has 142 valence electrons. The number of carbonyl (C=O) groups is 3. The van der Waals surface area contributed by atoms with Gasteiger partial charge in [-0.15, -0.1) is 11.3 Å². The largest absolute Gasteiger partial charge is 0.335 e. The number of hydrogen-bond acceptors (Lipinski definition) is 5. The quantitative estimate of drug-likeness (QED) is 0.834. The number of urea groups is 1. The van der Waals surface area contributed by atoms with E-state index in [0.29, 0.717) is 26.2 Å². The van der Waals surface area contributed by atoms with Gasteiger partial charge in [0, 0.05) is 37.1 Å². The molecule has 1 saturated carbocycles. The highest BCUT2D eigenvalue weighted by molar-refractivity contribution is 7.13. The maximum atomic E-state index is 12.4. The molecule has 0 bridgehead atoms. The SMILES string of the molecule is Cc1ccc(C(=O)N2CCN(CC(=O)NC(=O)NC3CCCC3)CC2)s1. The highest BCUT2D eigenvalue weighted by atomic mass is 32.1. The van der Waals surface area contributed by atoms with Crippen molar-refractivity contribution < 1.29 is 14.4 Å². The zero-order chi connectivity index (χ0) is 18.5. The van der Waals surface area contributed by atoms with Crippen LogP contribution in [0.1, 0.15) is 40.2 Å². The lowest BCUT2D eigenvalue weighted by Gasteiger charge is -2.34. The second-order valence-electron chi connectivity index (χ2n) is 6.98. The zero-order valence-electron chi connectivity index (χ0n) is 15.1. The average Bonchev–Trinajstić information content (AvgIpc) is 3.26. The lowest BCUT2D eigenvalue weighted by molar-refractivity contribution is -0.121. The van der Waals surface area contributed by atoms with Gasteiger partial charge in [-0.2, -0.15) is 0 Å². The number of thiophene rings is 1. The predicted octanol–water partition coefficient (Wildman–Crippen LogP) is 1.58. The first-order valence-corrected chi connectivity index (χ1v) is 10.0. The topological polar surface area (TPSA) is 81.8 Å². The number of amides is 4. The van der Waals surface area contributed by atoms with E-state index < -0.39 is 6.03 Å². The second kappa shape index (κ2) is 8.64. The van der Waals surface area contributed by atoms with E-state index in [1.54, 1.807) is 0 Å². The number of aryl methyl sites for hydroxylation is 1. The van der Waals surface area contributed by atoms with Gasteiger partial charge in [0.15, 0.2) is 0 Å². The number of rotatable bonds is 4. The summed E-state index contributed by atoms with van der Waals surface area (Å²) in [5.74, 6) is -0.239. The number of nitrogens with zero attached hydrogens (tertiary/aromatic N) is 2. The van der Waals surface area contributed by atoms with Crippen molar-refractivity contribution in [3.05, 3.63) is 21.9 Å². The predicted molar refractivity (Wildman–Crippen MR) is 100 cm³/mol. The average molecular weight is 378 g/mol. The van der Waals surface area contributed by atoms with E-state index >= 15 is 0 Å². The Labute approximate surface area is 157 Å². The fourth-order valence-corrected chi connectivity index (χ4v) is 4.31. The Morgan fingerprint density at radius 3 is 2.42 bits per heavy atom. The van der Waals surface area contributed by atoms with E-state index in [2.05, 4.69) is 10.6 Å². The molecule has 3 rings (SSSR count). The molecule has 0 spiro atoms. The van der Waals surface area contributed by atoms with Crippen LogP contribution in [0.5, 0.6) is 0 Å². The van der Waals surface area contributed by atoms with Crippen LogP contribution in [0.25, 0.3) is 0 Å². The minimum Gasteiger partial charge on any atom is -0.335 e. The summed E-state index contributed by atoms with van der Waals surface area (Å²) in [7, 11) is 0. The van der Waals surface area contributed by atoms with Crippen molar-refractivity contribution in [1.29, 1.82) is 0 Å². The van der Waals surface area contributed by atoms with Gasteiger partial charge in [0.1, 0.15) is 0 Å². The van der Waals surface area contributed by atoms with Crippen LogP contribution >= 0.6 is 11.3 Å². The van der Waals surface area contributed by atoms with Crippen molar-refractivity contribution in [2.45, 2.75) is 38.6 Å². The highest BCUT2D eigenvalue weighted by Gasteiger charge is 2.25. The number of carbonyl (C=O) groups excluding carboxylic acids is 3. The maximum Gasteiger partial charge on any atom is 0.321 e.